The van der Waals surface area contributed by atoms with Crippen LogP contribution in [0.3, 0.4) is 0 Å². The lowest BCUT2D eigenvalue weighted by Crippen LogP contribution is -1.92. The summed E-state index contributed by atoms with van der Waals surface area (Å²) < 4.78 is 0. The van der Waals surface area contributed by atoms with Crippen molar-refractivity contribution in [3.63, 3.8) is 0 Å². The molecule has 0 aliphatic heterocycles. The Morgan fingerprint density at radius 2 is 2.36 bits per heavy atom. The second kappa shape index (κ2) is 4.17. The SMILES string of the molecule is OCc1cncc(Nc2nccs2)c1. The van der Waals surface area contributed by atoms with Gasteiger partial charge in [0.1, 0.15) is 0 Å². The van der Waals surface area contributed by atoms with E-state index in [0.29, 0.717) is 0 Å². The van der Waals surface area contributed by atoms with E-state index in [1.54, 1.807) is 18.6 Å². The zero-order valence-electron chi connectivity index (χ0n) is 7.34. The van der Waals surface area contributed by atoms with Gasteiger partial charge in [0, 0.05) is 17.8 Å². The molecule has 2 aromatic heterocycles. The predicted octanol–water partition coefficient (Wildman–Crippen LogP) is 1.77. The molecule has 5 heteroatoms. The van der Waals surface area contributed by atoms with Crippen molar-refractivity contribution in [2.24, 2.45) is 0 Å². The third kappa shape index (κ3) is 2.07. The highest BCUT2D eigenvalue weighted by Crippen LogP contribution is 2.18. The standard InChI is InChI=1S/C9H9N3OS/c13-6-7-3-8(5-10-4-7)12-9-11-1-2-14-9/h1-5,13H,6H2,(H,11,12). The summed E-state index contributed by atoms with van der Waals surface area (Å²) in [4.78, 5) is 8.07. The van der Waals surface area contributed by atoms with Gasteiger partial charge in [0.05, 0.1) is 18.5 Å². The van der Waals surface area contributed by atoms with E-state index in [4.69, 9.17) is 5.11 Å². The lowest BCUT2D eigenvalue weighted by molar-refractivity contribution is 0.281. The third-order valence-corrected chi connectivity index (χ3v) is 2.35. The molecule has 72 valence electrons. The van der Waals surface area contributed by atoms with Gasteiger partial charge in [0.2, 0.25) is 0 Å². The molecule has 2 N–H and O–H groups in total. The Labute approximate surface area is 85.3 Å². The van der Waals surface area contributed by atoms with Crippen molar-refractivity contribution in [2.75, 3.05) is 5.32 Å². The molecule has 2 heterocycles. The maximum atomic E-state index is 8.91. The Kier molecular flexibility index (Phi) is 2.71. The van der Waals surface area contributed by atoms with Gasteiger partial charge in [-0.2, -0.15) is 0 Å². The number of thiazole rings is 1. The van der Waals surface area contributed by atoms with Crippen LogP contribution in [0.2, 0.25) is 0 Å². The maximum Gasteiger partial charge on any atom is 0.187 e. The largest absolute Gasteiger partial charge is 0.392 e. The molecule has 0 aliphatic carbocycles. The molecule has 0 unspecified atom stereocenters. The van der Waals surface area contributed by atoms with Crippen molar-refractivity contribution in [3.8, 4) is 0 Å². The molecule has 0 saturated carbocycles. The van der Waals surface area contributed by atoms with E-state index in [-0.39, 0.29) is 6.61 Å². The van der Waals surface area contributed by atoms with Crippen LogP contribution in [-0.4, -0.2) is 15.1 Å². The van der Waals surface area contributed by atoms with Crippen molar-refractivity contribution in [3.05, 3.63) is 35.6 Å². The average molecular weight is 207 g/mol. The molecular formula is C9H9N3OS. The molecule has 0 amide bonds. The monoisotopic (exact) mass is 207 g/mol. The quantitative estimate of drug-likeness (QED) is 0.805. The molecule has 0 aliphatic rings. The Balaban J connectivity index is 2.17. The molecule has 0 atom stereocenters. The number of hydrogen-bond donors (Lipinski definition) is 2. The number of aromatic nitrogens is 2. The second-order valence-corrected chi connectivity index (χ2v) is 3.60. The van der Waals surface area contributed by atoms with Crippen LogP contribution in [0, 0.1) is 0 Å². The van der Waals surface area contributed by atoms with Gasteiger partial charge < -0.3 is 10.4 Å². The fraction of sp³-hybridized carbons (Fsp3) is 0.111. The van der Waals surface area contributed by atoms with Gasteiger partial charge in [-0.05, 0) is 11.6 Å². The number of rotatable bonds is 3. The number of nitrogens with zero attached hydrogens (tertiary/aromatic N) is 2. The molecule has 0 saturated heterocycles. The normalized spacial score (nSPS) is 10.1. The fourth-order valence-electron chi connectivity index (χ4n) is 1.05. The summed E-state index contributed by atoms with van der Waals surface area (Å²) in [7, 11) is 0. The minimum Gasteiger partial charge on any atom is -0.392 e. The minimum atomic E-state index is 0.000386. The van der Waals surface area contributed by atoms with Crippen LogP contribution in [0.15, 0.2) is 30.0 Å². The topological polar surface area (TPSA) is 58.0 Å². The van der Waals surface area contributed by atoms with E-state index in [1.165, 1.54) is 11.3 Å². The molecule has 0 spiro atoms. The van der Waals surface area contributed by atoms with Gasteiger partial charge in [-0.1, -0.05) is 0 Å². The highest BCUT2D eigenvalue weighted by atomic mass is 32.1. The molecule has 0 aromatic carbocycles. The highest BCUT2D eigenvalue weighted by molar-refractivity contribution is 7.13. The number of hydrogen-bond acceptors (Lipinski definition) is 5. The summed E-state index contributed by atoms with van der Waals surface area (Å²) in [5, 5.41) is 14.7. The molecule has 2 rings (SSSR count). The van der Waals surface area contributed by atoms with Crippen molar-refractivity contribution >= 4 is 22.2 Å². The van der Waals surface area contributed by atoms with E-state index in [1.807, 2.05) is 11.4 Å². The van der Waals surface area contributed by atoms with Crippen molar-refractivity contribution in [1.29, 1.82) is 0 Å². The third-order valence-electron chi connectivity index (χ3n) is 1.66. The molecule has 0 fully saturated rings. The van der Waals surface area contributed by atoms with Gasteiger partial charge in [0.25, 0.3) is 0 Å². The zero-order valence-corrected chi connectivity index (χ0v) is 8.16. The summed E-state index contributed by atoms with van der Waals surface area (Å²) in [6.45, 7) is 0.000386. The van der Waals surface area contributed by atoms with E-state index < -0.39 is 0 Å². The summed E-state index contributed by atoms with van der Waals surface area (Å²) in [6.07, 6.45) is 5.06. The van der Waals surface area contributed by atoms with Gasteiger partial charge in [-0.25, -0.2) is 4.98 Å². The minimum absolute atomic E-state index is 0.000386. The van der Waals surface area contributed by atoms with Gasteiger partial charge in [-0.15, -0.1) is 11.3 Å². The second-order valence-electron chi connectivity index (χ2n) is 2.70. The number of aliphatic hydroxyl groups is 1. The summed E-state index contributed by atoms with van der Waals surface area (Å²) in [6, 6.07) is 1.84. The van der Waals surface area contributed by atoms with Crippen LogP contribution in [0.5, 0.6) is 0 Å². The number of pyridine rings is 1. The first-order valence-electron chi connectivity index (χ1n) is 4.10. The molecule has 0 radical (unpaired) electrons. The zero-order chi connectivity index (χ0) is 9.80. The van der Waals surface area contributed by atoms with Crippen LogP contribution in [0.25, 0.3) is 0 Å². The van der Waals surface area contributed by atoms with E-state index in [9.17, 15) is 0 Å². The first kappa shape index (κ1) is 9.11. The van der Waals surface area contributed by atoms with Crippen LogP contribution in [0.4, 0.5) is 10.8 Å². The number of aliphatic hydroxyl groups excluding tert-OH is 1. The molecule has 2 aromatic rings. The Bertz CT molecular complexity index is 402. The van der Waals surface area contributed by atoms with Gasteiger partial charge in [0.15, 0.2) is 5.13 Å². The van der Waals surface area contributed by atoms with Gasteiger partial charge in [-0.3, -0.25) is 4.98 Å². The van der Waals surface area contributed by atoms with Crippen LogP contribution in [0.1, 0.15) is 5.56 Å². The smallest absolute Gasteiger partial charge is 0.187 e. The molecular weight excluding hydrogens is 198 g/mol. The molecule has 0 bridgehead atoms. The first-order chi connectivity index (χ1) is 6.88. The van der Waals surface area contributed by atoms with Crippen LogP contribution in [-0.2, 0) is 6.61 Å². The van der Waals surface area contributed by atoms with E-state index >= 15 is 0 Å². The lowest BCUT2D eigenvalue weighted by atomic mass is 10.3. The van der Waals surface area contributed by atoms with Gasteiger partial charge >= 0.3 is 0 Å². The number of anilines is 2. The van der Waals surface area contributed by atoms with Crippen LogP contribution < -0.4 is 5.32 Å². The van der Waals surface area contributed by atoms with E-state index in [0.717, 1.165) is 16.4 Å². The van der Waals surface area contributed by atoms with Crippen molar-refractivity contribution < 1.29 is 5.11 Å². The van der Waals surface area contributed by atoms with Crippen molar-refractivity contribution in [2.45, 2.75) is 6.61 Å². The average Bonchev–Trinajstić information content (AvgIpc) is 2.71. The maximum absolute atomic E-state index is 8.91. The highest BCUT2D eigenvalue weighted by Gasteiger charge is 1.98. The Morgan fingerprint density at radius 1 is 1.43 bits per heavy atom. The van der Waals surface area contributed by atoms with Crippen molar-refractivity contribution in [1.82, 2.24) is 9.97 Å². The Hall–Kier alpha value is -1.46. The Morgan fingerprint density at radius 3 is 3.07 bits per heavy atom. The predicted molar refractivity (Wildman–Crippen MR) is 55.6 cm³/mol. The lowest BCUT2D eigenvalue weighted by Gasteiger charge is -2.02. The molecule has 14 heavy (non-hydrogen) atoms. The summed E-state index contributed by atoms with van der Waals surface area (Å²) in [5.74, 6) is 0. The molecule has 4 nitrogen and oxygen atoms in total. The number of nitrogens with one attached hydrogen (secondary N) is 1. The summed E-state index contributed by atoms with van der Waals surface area (Å²) >= 11 is 1.52. The fourth-order valence-corrected chi connectivity index (χ4v) is 1.60. The summed E-state index contributed by atoms with van der Waals surface area (Å²) in [5.41, 5.74) is 1.62. The van der Waals surface area contributed by atoms with E-state index in [2.05, 4.69) is 15.3 Å². The van der Waals surface area contributed by atoms with Crippen LogP contribution >= 0.6 is 11.3 Å². The first-order valence-corrected chi connectivity index (χ1v) is 4.98.